The molecular formula is C17H26N4O2. The Morgan fingerprint density at radius 1 is 1.48 bits per heavy atom. The number of carbonyl (C=O) groups excluding carboxylic acids is 1. The van der Waals surface area contributed by atoms with E-state index in [9.17, 15) is 4.79 Å². The molecule has 0 radical (unpaired) electrons. The molecule has 3 unspecified atom stereocenters. The number of amides is 1. The molecule has 2 heterocycles. The highest BCUT2D eigenvalue weighted by Crippen LogP contribution is 2.41. The molecule has 1 saturated carbocycles. The molecule has 2 fully saturated rings. The van der Waals surface area contributed by atoms with Crippen LogP contribution in [0.4, 0.5) is 0 Å². The molecule has 3 aliphatic rings. The molecule has 3 atom stereocenters. The third kappa shape index (κ3) is 3.00. The highest BCUT2D eigenvalue weighted by Gasteiger charge is 2.40. The summed E-state index contributed by atoms with van der Waals surface area (Å²) in [5.41, 5.74) is 8.11. The Morgan fingerprint density at radius 2 is 2.22 bits per heavy atom. The maximum absolute atomic E-state index is 11.7. The molecule has 126 valence electrons. The normalized spacial score (nSPS) is 31.9. The number of aliphatic imine (C=N–C) groups is 1. The average Bonchev–Trinajstić information content (AvgIpc) is 3.17. The molecule has 6 heteroatoms. The Balaban J connectivity index is 1.67. The van der Waals surface area contributed by atoms with Gasteiger partial charge in [-0.25, -0.2) is 4.99 Å². The van der Waals surface area contributed by atoms with Crippen LogP contribution in [0.15, 0.2) is 28.5 Å². The fourth-order valence-electron chi connectivity index (χ4n) is 4.21. The van der Waals surface area contributed by atoms with Crippen LogP contribution < -0.4 is 5.73 Å². The number of aliphatic hydroxyl groups excluding tert-OH is 1. The van der Waals surface area contributed by atoms with Crippen LogP contribution in [0.1, 0.15) is 26.2 Å². The molecule has 6 nitrogen and oxygen atoms in total. The summed E-state index contributed by atoms with van der Waals surface area (Å²) in [5, 5.41) is 9.05. The molecule has 1 aliphatic carbocycles. The summed E-state index contributed by atoms with van der Waals surface area (Å²) in [6, 6.07) is 0.475. The van der Waals surface area contributed by atoms with Crippen molar-refractivity contribution in [3.8, 4) is 0 Å². The van der Waals surface area contributed by atoms with Crippen LogP contribution in [-0.4, -0.2) is 59.4 Å². The lowest BCUT2D eigenvalue weighted by molar-refractivity contribution is -0.136. The molecule has 2 aliphatic heterocycles. The van der Waals surface area contributed by atoms with Gasteiger partial charge in [-0.3, -0.25) is 4.79 Å². The number of aliphatic hydroxyl groups is 1. The molecule has 0 aromatic carbocycles. The molecule has 0 bridgehead atoms. The van der Waals surface area contributed by atoms with E-state index in [1.165, 1.54) is 0 Å². The third-order valence-corrected chi connectivity index (χ3v) is 5.73. The van der Waals surface area contributed by atoms with Crippen LogP contribution in [0, 0.1) is 11.8 Å². The van der Waals surface area contributed by atoms with Crippen molar-refractivity contribution in [2.24, 2.45) is 22.6 Å². The molecule has 23 heavy (non-hydrogen) atoms. The number of nitrogens with two attached hydrogens (primary N) is 1. The minimum Gasteiger partial charge on any atom is -0.387 e. The zero-order chi connectivity index (χ0) is 16.6. The van der Waals surface area contributed by atoms with E-state index in [1.807, 2.05) is 11.0 Å². The lowest BCUT2D eigenvalue weighted by Crippen LogP contribution is -2.43. The predicted molar refractivity (Wildman–Crippen MR) is 89.5 cm³/mol. The Kier molecular flexibility index (Phi) is 4.43. The number of likely N-dealkylation sites (tertiary alicyclic amines) is 1. The van der Waals surface area contributed by atoms with Crippen LogP contribution in [-0.2, 0) is 4.79 Å². The van der Waals surface area contributed by atoms with Crippen LogP contribution in [0.2, 0.25) is 0 Å². The second-order valence-electron chi connectivity index (χ2n) is 6.87. The van der Waals surface area contributed by atoms with Crippen molar-refractivity contribution in [1.29, 1.82) is 0 Å². The zero-order valence-electron chi connectivity index (χ0n) is 13.9. The highest BCUT2D eigenvalue weighted by molar-refractivity contribution is 6.02. The number of hydrogen-bond acceptors (Lipinski definition) is 5. The predicted octanol–water partition coefficient (Wildman–Crippen LogP) is 0.696. The van der Waals surface area contributed by atoms with Gasteiger partial charge in [-0.15, -0.1) is 0 Å². The Morgan fingerprint density at radius 3 is 2.87 bits per heavy atom. The van der Waals surface area contributed by atoms with Crippen molar-refractivity contribution in [2.45, 2.75) is 32.2 Å². The SMILES string of the molecule is C/C(=C1/C=CN=C1N)N(C)C1CC2CCN(C(=O)CO)CC2C1. The van der Waals surface area contributed by atoms with Gasteiger partial charge < -0.3 is 20.6 Å². The number of piperidine rings is 1. The van der Waals surface area contributed by atoms with E-state index in [0.717, 1.165) is 43.6 Å². The van der Waals surface area contributed by atoms with Gasteiger partial charge in [-0.2, -0.15) is 0 Å². The summed E-state index contributed by atoms with van der Waals surface area (Å²) in [6.07, 6.45) is 6.99. The number of allylic oxidation sites excluding steroid dienone is 1. The molecule has 0 aromatic heterocycles. The molecule has 1 saturated heterocycles. The maximum atomic E-state index is 11.7. The van der Waals surface area contributed by atoms with E-state index in [0.29, 0.717) is 23.7 Å². The molecular weight excluding hydrogens is 292 g/mol. The Bertz CT molecular complexity index is 581. The van der Waals surface area contributed by atoms with Crippen LogP contribution in [0.25, 0.3) is 0 Å². The number of fused-ring (bicyclic) bond motifs is 1. The first-order valence-electron chi connectivity index (χ1n) is 8.33. The molecule has 0 aromatic rings. The summed E-state index contributed by atoms with van der Waals surface area (Å²) in [6.45, 7) is 3.28. The quantitative estimate of drug-likeness (QED) is 0.802. The largest absolute Gasteiger partial charge is 0.387 e. The van der Waals surface area contributed by atoms with Crippen molar-refractivity contribution in [1.82, 2.24) is 9.80 Å². The average molecular weight is 318 g/mol. The Labute approximate surface area is 137 Å². The van der Waals surface area contributed by atoms with Crippen molar-refractivity contribution >= 4 is 11.7 Å². The molecule has 1 amide bonds. The van der Waals surface area contributed by atoms with Gasteiger partial charge in [0, 0.05) is 43.6 Å². The van der Waals surface area contributed by atoms with Crippen LogP contribution in [0.3, 0.4) is 0 Å². The van der Waals surface area contributed by atoms with Gasteiger partial charge in [0.05, 0.1) is 0 Å². The van der Waals surface area contributed by atoms with Crippen LogP contribution >= 0.6 is 0 Å². The standard InChI is InChI=1S/C17H26N4O2/c1-11(15-3-5-19-17(15)18)20(2)14-7-12-4-6-21(16(23)10-22)9-13(12)8-14/h3,5,12-14,22H,4,6-10H2,1-2H3,(H2,18,19)/b15-11+. The van der Waals surface area contributed by atoms with E-state index in [4.69, 9.17) is 10.8 Å². The van der Waals surface area contributed by atoms with Gasteiger partial charge in [0.2, 0.25) is 5.91 Å². The molecule has 3 N–H and O–H groups in total. The summed E-state index contributed by atoms with van der Waals surface area (Å²) in [4.78, 5) is 20.0. The smallest absolute Gasteiger partial charge is 0.248 e. The van der Waals surface area contributed by atoms with Gasteiger partial charge in [0.1, 0.15) is 12.4 Å². The first-order valence-corrected chi connectivity index (χ1v) is 8.33. The number of carbonyl (C=O) groups is 1. The van der Waals surface area contributed by atoms with Crippen molar-refractivity contribution in [3.63, 3.8) is 0 Å². The lowest BCUT2D eigenvalue weighted by atomic mass is 9.89. The third-order valence-electron chi connectivity index (χ3n) is 5.73. The topological polar surface area (TPSA) is 82.2 Å². The van der Waals surface area contributed by atoms with E-state index >= 15 is 0 Å². The highest BCUT2D eigenvalue weighted by atomic mass is 16.3. The second-order valence-corrected chi connectivity index (χ2v) is 6.87. The number of amidine groups is 1. The van der Waals surface area contributed by atoms with E-state index in [2.05, 4.69) is 23.9 Å². The van der Waals surface area contributed by atoms with Crippen molar-refractivity contribution in [2.75, 3.05) is 26.7 Å². The van der Waals surface area contributed by atoms with Gasteiger partial charge in [-0.1, -0.05) is 0 Å². The van der Waals surface area contributed by atoms with E-state index in [-0.39, 0.29) is 12.5 Å². The monoisotopic (exact) mass is 318 g/mol. The van der Waals surface area contributed by atoms with E-state index in [1.54, 1.807) is 6.20 Å². The molecule has 0 spiro atoms. The first-order chi connectivity index (χ1) is 11.0. The molecule has 3 rings (SSSR count). The van der Waals surface area contributed by atoms with Gasteiger partial charge in [0.15, 0.2) is 0 Å². The minimum atomic E-state index is -0.378. The number of rotatable bonds is 3. The summed E-state index contributed by atoms with van der Waals surface area (Å²) < 4.78 is 0. The number of hydrogen-bond donors (Lipinski definition) is 2. The summed E-state index contributed by atoms with van der Waals surface area (Å²) >= 11 is 0. The summed E-state index contributed by atoms with van der Waals surface area (Å²) in [7, 11) is 2.13. The second kappa shape index (κ2) is 6.35. The van der Waals surface area contributed by atoms with Crippen molar-refractivity contribution in [3.05, 3.63) is 23.5 Å². The minimum absolute atomic E-state index is 0.140. The Hall–Kier alpha value is -1.82. The summed E-state index contributed by atoms with van der Waals surface area (Å²) in [5.74, 6) is 1.66. The fourth-order valence-corrected chi connectivity index (χ4v) is 4.21. The lowest BCUT2D eigenvalue weighted by Gasteiger charge is -2.34. The fraction of sp³-hybridized carbons (Fsp3) is 0.647. The first kappa shape index (κ1) is 16.1. The number of nitrogens with zero attached hydrogens (tertiary/aromatic N) is 3. The maximum Gasteiger partial charge on any atom is 0.248 e. The van der Waals surface area contributed by atoms with Crippen molar-refractivity contribution < 1.29 is 9.90 Å². The van der Waals surface area contributed by atoms with Gasteiger partial charge in [-0.05, 0) is 44.1 Å². The van der Waals surface area contributed by atoms with E-state index < -0.39 is 0 Å². The van der Waals surface area contributed by atoms with Gasteiger partial charge >= 0.3 is 0 Å². The zero-order valence-corrected chi connectivity index (χ0v) is 13.9. The van der Waals surface area contributed by atoms with Crippen LogP contribution in [0.5, 0.6) is 0 Å². The van der Waals surface area contributed by atoms with Gasteiger partial charge in [0.25, 0.3) is 0 Å².